The smallest absolute Gasteiger partial charge is 0.160 e. The summed E-state index contributed by atoms with van der Waals surface area (Å²) in [7, 11) is 3.85. The molecule has 0 fully saturated rings. The van der Waals surface area contributed by atoms with E-state index in [-0.39, 0.29) is 5.75 Å². The number of hydrogen-bond donors (Lipinski definition) is 2. The fourth-order valence-corrected chi connectivity index (χ4v) is 2.90. The van der Waals surface area contributed by atoms with E-state index < -0.39 is 0 Å². The van der Waals surface area contributed by atoms with E-state index in [1.54, 1.807) is 12.0 Å². The minimum Gasteiger partial charge on any atom is -0.504 e. The Morgan fingerprint density at radius 2 is 2.17 bits per heavy atom. The van der Waals surface area contributed by atoms with E-state index >= 15 is 0 Å². The van der Waals surface area contributed by atoms with Gasteiger partial charge in [-0.15, -0.1) is 0 Å². The van der Waals surface area contributed by atoms with E-state index in [9.17, 15) is 5.11 Å². The van der Waals surface area contributed by atoms with Crippen LogP contribution in [0.4, 0.5) is 0 Å². The molecule has 1 unspecified atom stereocenters. The van der Waals surface area contributed by atoms with E-state index in [1.165, 1.54) is 11.1 Å². The van der Waals surface area contributed by atoms with Crippen LogP contribution < -0.4 is 9.64 Å². The van der Waals surface area contributed by atoms with Gasteiger partial charge >= 0.3 is 0 Å². The third-order valence-electron chi connectivity index (χ3n) is 3.91. The number of nitrogens with one attached hydrogen (secondary N) is 1. The van der Waals surface area contributed by atoms with Gasteiger partial charge in [-0.3, -0.25) is 0 Å². The first-order valence-corrected chi connectivity index (χ1v) is 6.75. The number of likely N-dealkylation sites (N-methyl/N-ethyl adjacent to an activating group) is 1. The number of ether oxygens (including phenoxy) is 1. The average molecular weight is 250 g/mol. The van der Waals surface area contributed by atoms with Crippen molar-refractivity contribution in [1.82, 2.24) is 0 Å². The van der Waals surface area contributed by atoms with Crippen LogP contribution in [0.15, 0.2) is 12.1 Å². The van der Waals surface area contributed by atoms with Crippen molar-refractivity contribution in [2.24, 2.45) is 5.92 Å². The fraction of sp³-hybridized carbons (Fsp3) is 0.600. The van der Waals surface area contributed by atoms with Gasteiger partial charge in [-0.1, -0.05) is 13.8 Å². The molecule has 2 atom stereocenters. The van der Waals surface area contributed by atoms with Gasteiger partial charge in [0, 0.05) is 18.4 Å². The summed E-state index contributed by atoms with van der Waals surface area (Å²) in [5.74, 6) is 1.52. The highest BCUT2D eigenvalue weighted by Gasteiger charge is 2.30. The molecule has 0 spiro atoms. The van der Waals surface area contributed by atoms with Gasteiger partial charge in [0.2, 0.25) is 0 Å². The number of phenols is 1. The maximum absolute atomic E-state index is 9.97. The molecule has 1 aliphatic heterocycles. The van der Waals surface area contributed by atoms with Gasteiger partial charge < -0.3 is 14.7 Å². The third-order valence-corrected chi connectivity index (χ3v) is 3.91. The van der Waals surface area contributed by atoms with Crippen LogP contribution in [0.5, 0.6) is 11.5 Å². The van der Waals surface area contributed by atoms with Gasteiger partial charge in [-0.05, 0) is 23.6 Å². The van der Waals surface area contributed by atoms with Crippen molar-refractivity contribution in [2.75, 3.05) is 20.7 Å². The monoisotopic (exact) mass is 250 g/mol. The van der Waals surface area contributed by atoms with Crippen molar-refractivity contribution in [1.29, 1.82) is 0 Å². The molecule has 0 aromatic heterocycles. The zero-order chi connectivity index (χ0) is 13.3. The number of benzene rings is 1. The SMILES string of the molecule is COc1cc2c(cc1O)[C@@H](CC(C)C)[NH+](C)CC2. The molecule has 1 aliphatic rings. The van der Waals surface area contributed by atoms with Crippen molar-refractivity contribution >= 4 is 0 Å². The molecule has 3 nitrogen and oxygen atoms in total. The van der Waals surface area contributed by atoms with E-state index in [0.717, 1.165) is 19.4 Å². The Kier molecular flexibility index (Phi) is 3.81. The lowest BCUT2D eigenvalue weighted by molar-refractivity contribution is -0.915. The first-order chi connectivity index (χ1) is 8.52. The zero-order valence-corrected chi connectivity index (χ0v) is 11.8. The fourth-order valence-electron chi connectivity index (χ4n) is 2.90. The molecule has 1 aromatic carbocycles. The predicted molar refractivity (Wildman–Crippen MR) is 72.3 cm³/mol. The molecule has 2 rings (SSSR count). The maximum Gasteiger partial charge on any atom is 0.160 e. The Morgan fingerprint density at radius 3 is 2.78 bits per heavy atom. The summed E-state index contributed by atoms with van der Waals surface area (Å²) in [6.07, 6.45) is 2.22. The normalized spacial score (nSPS) is 22.9. The van der Waals surface area contributed by atoms with E-state index in [4.69, 9.17) is 4.74 Å². The molecule has 2 N–H and O–H groups in total. The van der Waals surface area contributed by atoms with E-state index in [2.05, 4.69) is 20.9 Å². The Hall–Kier alpha value is -1.22. The number of rotatable bonds is 3. The molecule has 0 bridgehead atoms. The first kappa shape index (κ1) is 13.2. The quantitative estimate of drug-likeness (QED) is 0.853. The number of aromatic hydroxyl groups is 1. The van der Waals surface area contributed by atoms with Crippen molar-refractivity contribution in [3.63, 3.8) is 0 Å². The molecule has 3 heteroatoms. The summed E-state index contributed by atoms with van der Waals surface area (Å²) in [6.45, 7) is 5.66. The summed E-state index contributed by atoms with van der Waals surface area (Å²) in [6, 6.07) is 4.40. The highest BCUT2D eigenvalue weighted by molar-refractivity contribution is 5.47. The second-order valence-corrected chi connectivity index (χ2v) is 5.75. The van der Waals surface area contributed by atoms with Crippen LogP contribution in [0.2, 0.25) is 0 Å². The Balaban J connectivity index is 2.40. The third kappa shape index (κ3) is 2.46. The molecule has 100 valence electrons. The minimum atomic E-state index is 0.264. The van der Waals surface area contributed by atoms with E-state index in [0.29, 0.717) is 17.7 Å². The van der Waals surface area contributed by atoms with Crippen molar-refractivity contribution < 1.29 is 14.7 Å². The number of phenolic OH excluding ortho intramolecular Hbond substituents is 1. The molecular formula is C15H24NO2+. The van der Waals surface area contributed by atoms with E-state index in [1.807, 2.05) is 12.1 Å². The first-order valence-electron chi connectivity index (χ1n) is 6.75. The minimum absolute atomic E-state index is 0.264. The average Bonchev–Trinajstić information content (AvgIpc) is 2.32. The second kappa shape index (κ2) is 5.19. The molecule has 18 heavy (non-hydrogen) atoms. The van der Waals surface area contributed by atoms with Gasteiger partial charge in [0.15, 0.2) is 11.5 Å². The summed E-state index contributed by atoms with van der Waals surface area (Å²) in [5.41, 5.74) is 2.63. The molecule has 0 saturated carbocycles. The molecule has 0 aliphatic carbocycles. The Bertz CT molecular complexity index is 429. The molecule has 1 heterocycles. The van der Waals surface area contributed by atoms with Crippen LogP contribution in [0.25, 0.3) is 0 Å². The second-order valence-electron chi connectivity index (χ2n) is 5.75. The zero-order valence-electron chi connectivity index (χ0n) is 11.8. The van der Waals surface area contributed by atoms with Gasteiger partial charge in [-0.2, -0.15) is 0 Å². The van der Waals surface area contributed by atoms with Crippen LogP contribution in [-0.4, -0.2) is 25.8 Å². The van der Waals surface area contributed by atoms with Crippen LogP contribution in [-0.2, 0) is 6.42 Å². The van der Waals surface area contributed by atoms with Crippen molar-refractivity contribution in [3.8, 4) is 11.5 Å². The molecular weight excluding hydrogens is 226 g/mol. The largest absolute Gasteiger partial charge is 0.504 e. The molecule has 0 radical (unpaired) electrons. The number of quaternary nitrogens is 1. The van der Waals surface area contributed by atoms with Gasteiger partial charge in [0.1, 0.15) is 6.04 Å². The predicted octanol–water partition coefficient (Wildman–Crippen LogP) is 1.56. The maximum atomic E-state index is 9.97. The lowest BCUT2D eigenvalue weighted by atomic mass is 9.87. The summed E-state index contributed by atoms with van der Waals surface area (Å²) in [5, 5.41) is 9.97. The lowest BCUT2D eigenvalue weighted by Gasteiger charge is -2.33. The van der Waals surface area contributed by atoms with Crippen LogP contribution in [0.3, 0.4) is 0 Å². The highest BCUT2D eigenvalue weighted by Crippen LogP contribution is 2.34. The molecule has 1 aromatic rings. The van der Waals surface area contributed by atoms with Crippen molar-refractivity contribution in [3.05, 3.63) is 23.3 Å². The van der Waals surface area contributed by atoms with Crippen LogP contribution in [0, 0.1) is 5.92 Å². The topological polar surface area (TPSA) is 33.9 Å². The standard InChI is InChI=1S/C15H23NO2/c1-10(2)7-13-12-9-14(17)15(18-4)8-11(12)5-6-16(13)3/h8-10,13,17H,5-7H2,1-4H3/p+1/t13-/m1/s1. The lowest BCUT2D eigenvalue weighted by Crippen LogP contribution is -3.10. The number of fused-ring (bicyclic) bond motifs is 1. The van der Waals surface area contributed by atoms with Crippen LogP contribution >= 0.6 is 0 Å². The van der Waals surface area contributed by atoms with Gasteiger partial charge in [0.25, 0.3) is 0 Å². The van der Waals surface area contributed by atoms with Gasteiger partial charge in [-0.25, -0.2) is 0 Å². The Labute approximate surface area is 109 Å². The van der Waals surface area contributed by atoms with Gasteiger partial charge in [0.05, 0.1) is 20.7 Å². The summed E-state index contributed by atoms with van der Waals surface area (Å²) >= 11 is 0. The number of hydrogen-bond acceptors (Lipinski definition) is 2. The van der Waals surface area contributed by atoms with Crippen LogP contribution in [0.1, 0.15) is 37.4 Å². The highest BCUT2D eigenvalue weighted by atomic mass is 16.5. The Morgan fingerprint density at radius 1 is 1.44 bits per heavy atom. The number of methoxy groups -OCH3 is 1. The summed E-state index contributed by atoms with van der Waals surface area (Å²) in [4.78, 5) is 1.54. The molecule has 0 amide bonds. The molecule has 0 saturated heterocycles. The van der Waals surface area contributed by atoms with Crippen molar-refractivity contribution in [2.45, 2.75) is 32.7 Å². The summed E-state index contributed by atoms with van der Waals surface area (Å²) < 4.78 is 5.20.